The molecule has 0 bridgehead atoms. The van der Waals surface area contributed by atoms with Gasteiger partial charge in [-0.3, -0.25) is 0 Å². The summed E-state index contributed by atoms with van der Waals surface area (Å²) in [4.78, 5) is 0. The van der Waals surface area contributed by atoms with Gasteiger partial charge in [0.05, 0.1) is 6.61 Å². The highest BCUT2D eigenvalue weighted by molar-refractivity contribution is 5.45. The highest BCUT2D eigenvalue weighted by Crippen LogP contribution is 2.35. The van der Waals surface area contributed by atoms with Crippen molar-refractivity contribution in [1.29, 1.82) is 0 Å². The van der Waals surface area contributed by atoms with Crippen molar-refractivity contribution in [3.63, 3.8) is 0 Å². The molecular weight excluding hydrogens is 250 g/mol. The summed E-state index contributed by atoms with van der Waals surface area (Å²) in [5, 5.41) is 13.8. The zero-order valence-corrected chi connectivity index (χ0v) is 12.9. The number of benzene rings is 1. The van der Waals surface area contributed by atoms with Crippen molar-refractivity contribution in [2.45, 2.75) is 59.0 Å². The Morgan fingerprint density at radius 2 is 2.20 bits per heavy atom. The normalized spacial score (nSPS) is 21.6. The van der Waals surface area contributed by atoms with Gasteiger partial charge in [0.25, 0.3) is 0 Å². The summed E-state index contributed by atoms with van der Waals surface area (Å²) >= 11 is 0. The molecular formula is C17H27NO2. The highest BCUT2D eigenvalue weighted by atomic mass is 16.5. The van der Waals surface area contributed by atoms with Crippen LogP contribution >= 0.6 is 0 Å². The maximum Gasteiger partial charge on any atom is 0.162 e. The molecule has 0 aromatic heterocycles. The first-order valence-corrected chi connectivity index (χ1v) is 7.69. The Bertz CT molecular complexity index is 443. The van der Waals surface area contributed by atoms with Crippen LogP contribution in [0.15, 0.2) is 18.2 Å². The van der Waals surface area contributed by atoms with Gasteiger partial charge in [0.1, 0.15) is 0 Å². The summed E-state index contributed by atoms with van der Waals surface area (Å²) in [6.07, 6.45) is 5.04. The molecule has 2 N–H and O–H groups in total. The lowest BCUT2D eigenvalue weighted by Gasteiger charge is -2.35. The minimum absolute atomic E-state index is 0.275. The Hall–Kier alpha value is -1.22. The van der Waals surface area contributed by atoms with Gasteiger partial charge in [-0.1, -0.05) is 32.4 Å². The minimum Gasteiger partial charge on any atom is -0.504 e. The molecule has 3 nitrogen and oxygen atoms in total. The number of ether oxygens (including phenoxy) is 1. The second-order valence-electron chi connectivity index (χ2n) is 6.54. The molecule has 112 valence electrons. The van der Waals surface area contributed by atoms with Crippen molar-refractivity contribution in [1.82, 2.24) is 5.32 Å². The van der Waals surface area contributed by atoms with Crippen molar-refractivity contribution in [3.05, 3.63) is 23.8 Å². The van der Waals surface area contributed by atoms with E-state index < -0.39 is 0 Å². The van der Waals surface area contributed by atoms with Crippen molar-refractivity contribution in [2.24, 2.45) is 5.41 Å². The third-order valence-corrected chi connectivity index (χ3v) is 4.17. The fraction of sp³-hybridized carbons (Fsp3) is 0.647. The Morgan fingerprint density at radius 3 is 2.90 bits per heavy atom. The number of aromatic hydroxyl groups is 1. The lowest BCUT2D eigenvalue weighted by atomic mass is 9.75. The summed E-state index contributed by atoms with van der Waals surface area (Å²) in [7, 11) is 0. The number of phenols is 1. The lowest BCUT2D eigenvalue weighted by Crippen LogP contribution is -2.36. The molecule has 20 heavy (non-hydrogen) atoms. The fourth-order valence-corrected chi connectivity index (χ4v) is 3.11. The summed E-state index contributed by atoms with van der Waals surface area (Å²) in [6, 6.07) is 6.26. The van der Waals surface area contributed by atoms with E-state index >= 15 is 0 Å². The van der Waals surface area contributed by atoms with Crippen molar-refractivity contribution in [2.75, 3.05) is 6.61 Å². The molecule has 0 amide bonds. The topological polar surface area (TPSA) is 41.5 Å². The SMILES string of the molecule is CCOc1cccc(CNC2CCCC(C)(C)C2)c1O. The van der Waals surface area contributed by atoms with Crippen LogP contribution in [0.3, 0.4) is 0 Å². The van der Waals surface area contributed by atoms with Crippen LogP contribution in [0.2, 0.25) is 0 Å². The molecule has 3 heteroatoms. The van der Waals surface area contributed by atoms with E-state index in [9.17, 15) is 5.11 Å². The Labute approximate surface area is 122 Å². The molecule has 2 rings (SSSR count). The number of para-hydroxylation sites is 1. The van der Waals surface area contributed by atoms with Gasteiger partial charge in [0.15, 0.2) is 11.5 Å². The van der Waals surface area contributed by atoms with Crippen LogP contribution in [-0.4, -0.2) is 17.8 Å². The standard InChI is InChI=1S/C17H27NO2/c1-4-20-15-9-5-7-13(16(15)19)12-18-14-8-6-10-17(2,3)11-14/h5,7,9,14,18-19H,4,6,8,10-12H2,1-3H3. The largest absolute Gasteiger partial charge is 0.504 e. The van der Waals surface area contributed by atoms with Crippen molar-refractivity contribution < 1.29 is 9.84 Å². The van der Waals surface area contributed by atoms with Crippen LogP contribution < -0.4 is 10.1 Å². The predicted octanol–water partition coefficient (Wildman–Crippen LogP) is 3.85. The minimum atomic E-state index is 0.275. The van der Waals surface area contributed by atoms with Crippen LogP contribution in [0, 0.1) is 5.41 Å². The first-order chi connectivity index (χ1) is 9.52. The van der Waals surface area contributed by atoms with Gasteiger partial charge in [0.2, 0.25) is 0 Å². The molecule has 0 aliphatic heterocycles. The molecule has 1 saturated carbocycles. The second kappa shape index (κ2) is 6.49. The number of hydrogen-bond donors (Lipinski definition) is 2. The summed E-state index contributed by atoms with van der Waals surface area (Å²) < 4.78 is 5.42. The smallest absolute Gasteiger partial charge is 0.162 e. The van der Waals surface area contributed by atoms with Crippen molar-refractivity contribution >= 4 is 0 Å². The van der Waals surface area contributed by atoms with Gasteiger partial charge in [-0.2, -0.15) is 0 Å². The first-order valence-electron chi connectivity index (χ1n) is 7.69. The van der Waals surface area contributed by atoms with E-state index in [4.69, 9.17) is 4.74 Å². The van der Waals surface area contributed by atoms with E-state index in [-0.39, 0.29) is 5.75 Å². The monoisotopic (exact) mass is 277 g/mol. The van der Waals surface area contributed by atoms with Gasteiger partial charge in [-0.15, -0.1) is 0 Å². The van der Waals surface area contributed by atoms with Gasteiger partial charge in [0, 0.05) is 18.2 Å². The Balaban J connectivity index is 1.95. The third-order valence-electron chi connectivity index (χ3n) is 4.17. The molecule has 1 fully saturated rings. The van der Waals surface area contributed by atoms with Crippen LogP contribution in [0.1, 0.15) is 52.0 Å². The van der Waals surface area contributed by atoms with Gasteiger partial charge < -0.3 is 15.2 Å². The number of hydrogen-bond acceptors (Lipinski definition) is 3. The second-order valence-corrected chi connectivity index (χ2v) is 6.54. The molecule has 1 aliphatic rings. The number of rotatable bonds is 5. The van der Waals surface area contributed by atoms with E-state index in [1.807, 2.05) is 25.1 Å². The molecule has 1 unspecified atom stereocenters. The van der Waals surface area contributed by atoms with Crippen LogP contribution in [-0.2, 0) is 6.54 Å². The lowest BCUT2D eigenvalue weighted by molar-refractivity contribution is 0.197. The van der Waals surface area contributed by atoms with Crippen molar-refractivity contribution in [3.8, 4) is 11.5 Å². The van der Waals surface area contributed by atoms with Gasteiger partial charge in [-0.25, -0.2) is 0 Å². The molecule has 0 radical (unpaired) electrons. The first kappa shape index (κ1) is 15.2. The maximum absolute atomic E-state index is 10.2. The molecule has 1 aliphatic carbocycles. The zero-order chi connectivity index (χ0) is 14.6. The van der Waals surface area contributed by atoms with Crippen LogP contribution in [0.25, 0.3) is 0 Å². The van der Waals surface area contributed by atoms with Gasteiger partial charge in [-0.05, 0) is 37.7 Å². The Morgan fingerprint density at radius 1 is 1.40 bits per heavy atom. The van der Waals surface area contributed by atoms with Crippen LogP contribution in [0.5, 0.6) is 11.5 Å². The fourth-order valence-electron chi connectivity index (χ4n) is 3.11. The van der Waals surface area contributed by atoms with E-state index in [0.29, 0.717) is 30.4 Å². The molecule has 1 aromatic rings. The van der Waals surface area contributed by atoms with E-state index in [1.165, 1.54) is 25.7 Å². The van der Waals surface area contributed by atoms with E-state index in [0.717, 1.165) is 5.56 Å². The quantitative estimate of drug-likeness (QED) is 0.859. The number of phenolic OH excluding ortho intramolecular Hbond substituents is 1. The average molecular weight is 277 g/mol. The van der Waals surface area contributed by atoms with E-state index in [2.05, 4.69) is 19.2 Å². The average Bonchev–Trinajstić information content (AvgIpc) is 2.39. The summed E-state index contributed by atoms with van der Waals surface area (Å²) in [5.74, 6) is 0.854. The summed E-state index contributed by atoms with van der Waals surface area (Å²) in [5.41, 5.74) is 1.35. The molecule has 1 atom stereocenters. The third kappa shape index (κ3) is 3.89. The zero-order valence-electron chi connectivity index (χ0n) is 12.9. The van der Waals surface area contributed by atoms with Gasteiger partial charge >= 0.3 is 0 Å². The van der Waals surface area contributed by atoms with E-state index in [1.54, 1.807) is 0 Å². The molecule has 0 saturated heterocycles. The maximum atomic E-state index is 10.2. The molecule has 0 heterocycles. The number of nitrogens with one attached hydrogen (secondary N) is 1. The van der Waals surface area contributed by atoms with Crippen LogP contribution in [0.4, 0.5) is 0 Å². The molecule has 1 aromatic carbocycles. The highest BCUT2D eigenvalue weighted by Gasteiger charge is 2.27. The Kier molecular flexibility index (Phi) is 4.92. The molecule has 0 spiro atoms. The predicted molar refractivity (Wildman–Crippen MR) is 82.2 cm³/mol. The summed E-state index contributed by atoms with van der Waals surface area (Å²) in [6.45, 7) is 7.88.